The van der Waals surface area contributed by atoms with Crippen LogP contribution >= 0.6 is 15.9 Å². The third-order valence-corrected chi connectivity index (χ3v) is 4.24. The monoisotopic (exact) mass is 315 g/mol. The van der Waals surface area contributed by atoms with Crippen molar-refractivity contribution in [1.29, 1.82) is 0 Å². The lowest BCUT2D eigenvalue weighted by Crippen LogP contribution is -2.48. The van der Waals surface area contributed by atoms with E-state index in [1.165, 1.54) is 5.69 Å². The van der Waals surface area contributed by atoms with E-state index < -0.39 is 0 Å². The zero-order chi connectivity index (χ0) is 13.1. The zero-order valence-corrected chi connectivity index (χ0v) is 12.9. The second kappa shape index (κ2) is 6.14. The molecule has 0 spiro atoms. The second-order valence-electron chi connectivity index (χ2n) is 4.94. The minimum Gasteiger partial charge on any atom is -0.335 e. The molecule has 102 valence electrons. The van der Waals surface area contributed by atoms with Crippen molar-refractivity contribution in [3.05, 3.63) is 16.6 Å². The van der Waals surface area contributed by atoms with Crippen molar-refractivity contribution in [3.63, 3.8) is 0 Å². The van der Waals surface area contributed by atoms with Crippen molar-refractivity contribution in [1.82, 2.24) is 24.7 Å². The summed E-state index contributed by atoms with van der Waals surface area (Å²) in [4.78, 5) is 9.26. The summed E-state index contributed by atoms with van der Waals surface area (Å²) in [5, 5.41) is 3.30. The van der Waals surface area contributed by atoms with Crippen molar-refractivity contribution in [2.45, 2.75) is 6.04 Å². The van der Waals surface area contributed by atoms with E-state index in [2.05, 4.69) is 54.7 Å². The van der Waals surface area contributed by atoms with Gasteiger partial charge < -0.3 is 14.8 Å². The molecule has 1 N–H and O–H groups in total. The standard InChI is InChI=1S/C12H22BrN5/c1-14-8-10(11-12(13)15-9-17(11)3)18-6-4-16(2)5-7-18/h9-10,14H,4-8H2,1-3H3. The van der Waals surface area contributed by atoms with Gasteiger partial charge in [-0.3, -0.25) is 4.90 Å². The molecule has 1 aliphatic rings. The van der Waals surface area contributed by atoms with E-state index in [1.54, 1.807) is 0 Å². The van der Waals surface area contributed by atoms with Gasteiger partial charge >= 0.3 is 0 Å². The highest BCUT2D eigenvalue weighted by atomic mass is 79.9. The molecule has 0 aromatic carbocycles. The molecule has 2 rings (SSSR count). The smallest absolute Gasteiger partial charge is 0.128 e. The van der Waals surface area contributed by atoms with Gasteiger partial charge in [0.05, 0.1) is 18.1 Å². The van der Waals surface area contributed by atoms with E-state index in [0.717, 1.165) is 37.3 Å². The van der Waals surface area contributed by atoms with Crippen LogP contribution < -0.4 is 5.32 Å². The Morgan fingerprint density at radius 2 is 2.00 bits per heavy atom. The molecule has 1 aromatic heterocycles. The Hall–Kier alpha value is -0.430. The maximum absolute atomic E-state index is 4.34. The third kappa shape index (κ3) is 2.93. The predicted octanol–water partition coefficient (Wildman–Crippen LogP) is 0.690. The maximum Gasteiger partial charge on any atom is 0.128 e. The van der Waals surface area contributed by atoms with E-state index in [0.29, 0.717) is 6.04 Å². The SMILES string of the molecule is CNCC(c1c(Br)ncn1C)N1CCN(C)CC1. The number of imidazole rings is 1. The Balaban J connectivity index is 2.18. The molecule has 1 atom stereocenters. The van der Waals surface area contributed by atoms with Gasteiger partial charge in [0.1, 0.15) is 4.60 Å². The molecule has 0 saturated carbocycles. The topological polar surface area (TPSA) is 36.3 Å². The Morgan fingerprint density at radius 1 is 1.33 bits per heavy atom. The van der Waals surface area contributed by atoms with Gasteiger partial charge in [-0.05, 0) is 30.0 Å². The summed E-state index contributed by atoms with van der Waals surface area (Å²) in [5.74, 6) is 0. The van der Waals surface area contributed by atoms with E-state index in [-0.39, 0.29) is 0 Å². The van der Waals surface area contributed by atoms with Crippen molar-refractivity contribution < 1.29 is 0 Å². The molecular weight excluding hydrogens is 294 g/mol. The maximum atomic E-state index is 4.34. The van der Waals surface area contributed by atoms with E-state index in [1.807, 2.05) is 13.4 Å². The number of hydrogen-bond acceptors (Lipinski definition) is 4. The first-order chi connectivity index (χ1) is 8.63. The number of aryl methyl sites for hydroxylation is 1. The highest BCUT2D eigenvalue weighted by Gasteiger charge is 2.27. The average molecular weight is 316 g/mol. The van der Waals surface area contributed by atoms with Gasteiger partial charge in [0.2, 0.25) is 0 Å². The van der Waals surface area contributed by atoms with Gasteiger partial charge in [0.15, 0.2) is 0 Å². The molecule has 0 aliphatic carbocycles. The summed E-state index contributed by atoms with van der Waals surface area (Å²) < 4.78 is 3.08. The largest absolute Gasteiger partial charge is 0.335 e. The fourth-order valence-electron chi connectivity index (χ4n) is 2.51. The molecule has 0 amide bonds. The molecule has 0 radical (unpaired) electrons. The van der Waals surface area contributed by atoms with Crippen LogP contribution in [-0.2, 0) is 7.05 Å². The van der Waals surface area contributed by atoms with Crippen LogP contribution in [0.25, 0.3) is 0 Å². The lowest BCUT2D eigenvalue weighted by Gasteiger charge is -2.38. The minimum absolute atomic E-state index is 0.380. The Kier molecular flexibility index (Phi) is 4.77. The van der Waals surface area contributed by atoms with Crippen LogP contribution in [0.3, 0.4) is 0 Å². The summed E-state index contributed by atoms with van der Waals surface area (Å²) in [6.45, 7) is 5.44. The highest BCUT2D eigenvalue weighted by Crippen LogP contribution is 2.27. The fraction of sp³-hybridized carbons (Fsp3) is 0.750. The lowest BCUT2D eigenvalue weighted by atomic mass is 10.1. The van der Waals surface area contributed by atoms with Crippen LogP contribution in [0.15, 0.2) is 10.9 Å². The summed E-state index contributed by atoms with van der Waals surface area (Å²) >= 11 is 3.57. The average Bonchev–Trinajstić information content (AvgIpc) is 2.68. The van der Waals surface area contributed by atoms with Crippen molar-refractivity contribution in [2.75, 3.05) is 46.8 Å². The van der Waals surface area contributed by atoms with E-state index in [9.17, 15) is 0 Å². The molecule has 1 aromatic rings. The summed E-state index contributed by atoms with van der Waals surface area (Å²) in [6.07, 6.45) is 1.87. The summed E-state index contributed by atoms with van der Waals surface area (Å²) in [7, 11) is 6.25. The zero-order valence-electron chi connectivity index (χ0n) is 11.4. The minimum atomic E-state index is 0.380. The Labute approximate surface area is 117 Å². The number of aromatic nitrogens is 2. The van der Waals surface area contributed by atoms with Crippen LogP contribution in [0.4, 0.5) is 0 Å². The van der Waals surface area contributed by atoms with Crippen molar-refractivity contribution >= 4 is 15.9 Å². The number of hydrogen-bond donors (Lipinski definition) is 1. The van der Waals surface area contributed by atoms with Crippen LogP contribution in [-0.4, -0.2) is 66.2 Å². The molecule has 1 aliphatic heterocycles. The van der Waals surface area contributed by atoms with Crippen LogP contribution in [0.1, 0.15) is 11.7 Å². The van der Waals surface area contributed by atoms with E-state index >= 15 is 0 Å². The number of likely N-dealkylation sites (N-methyl/N-ethyl adjacent to an activating group) is 2. The number of piperazine rings is 1. The number of nitrogens with zero attached hydrogens (tertiary/aromatic N) is 4. The first kappa shape index (κ1) is 14.0. The van der Waals surface area contributed by atoms with Crippen LogP contribution in [0.5, 0.6) is 0 Å². The molecular formula is C12H22BrN5. The van der Waals surface area contributed by atoms with Gasteiger partial charge in [-0.15, -0.1) is 0 Å². The molecule has 0 bridgehead atoms. The molecule has 1 saturated heterocycles. The van der Waals surface area contributed by atoms with Gasteiger partial charge in [0, 0.05) is 39.8 Å². The molecule has 18 heavy (non-hydrogen) atoms. The quantitative estimate of drug-likeness (QED) is 0.887. The fourth-order valence-corrected chi connectivity index (χ4v) is 3.14. The molecule has 5 nitrogen and oxygen atoms in total. The van der Waals surface area contributed by atoms with Gasteiger partial charge in [-0.25, -0.2) is 4.98 Å². The first-order valence-corrected chi connectivity index (χ1v) is 7.16. The number of rotatable bonds is 4. The summed E-state index contributed by atoms with van der Waals surface area (Å²) in [6, 6.07) is 0.380. The summed E-state index contributed by atoms with van der Waals surface area (Å²) in [5.41, 5.74) is 1.26. The molecule has 6 heteroatoms. The first-order valence-electron chi connectivity index (χ1n) is 6.37. The molecule has 1 unspecified atom stereocenters. The van der Waals surface area contributed by atoms with Crippen LogP contribution in [0.2, 0.25) is 0 Å². The molecule has 1 fully saturated rings. The van der Waals surface area contributed by atoms with Crippen LogP contribution in [0, 0.1) is 0 Å². The van der Waals surface area contributed by atoms with E-state index in [4.69, 9.17) is 0 Å². The number of halogens is 1. The van der Waals surface area contributed by atoms with Gasteiger partial charge in [-0.1, -0.05) is 0 Å². The van der Waals surface area contributed by atoms with Crippen molar-refractivity contribution in [3.8, 4) is 0 Å². The second-order valence-corrected chi connectivity index (χ2v) is 5.70. The molecule has 2 heterocycles. The van der Waals surface area contributed by atoms with Crippen molar-refractivity contribution in [2.24, 2.45) is 7.05 Å². The predicted molar refractivity (Wildman–Crippen MR) is 76.6 cm³/mol. The highest BCUT2D eigenvalue weighted by molar-refractivity contribution is 9.10. The lowest BCUT2D eigenvalue weighted by molar-refractivity contribution is 0.107. The Bertz CT molecular complexity index is 364. The van der Waals surface area contributed by atoms with Gasteiger partial charge in [0.25, 0.3) is 0 Å². The third-order valence-electron chi connectivity index (χ3n) is 3.63. The normalized spacial score (nSPS) is 20.2. The number of nitrogens with one attached hydrogen (secondary N) is 1. The Morgan fingerprint density at radius 3 is 2.50 bits per heavy atom. The van der Waals surface area contributed by atoms with Gasteiger partial charge in [-0.2, -0.15) is 0 Å².